The number of phenolic OH excluding ortho intramolecular Hbond substituents is 1. The standard InChI is InChI=1S/C21H18N4O2S/c26-17-4-1-14(2-5-17)7-12-23-20(27)15-3-6-18-19(13-15)28-21(25-18)24-16-8-10-22-11-9-16/h1-6,8-11,13,26H,7,12H2,(H,23,27)(H,22,24,25). The first-order valence-corrected chi connectivity index (χ1v) is 9.63. The number of amides is 1. The van der Waals surface area contributed by atoms with Crippen molar-refractivity contribution >= 4 is 38.3 Å². The number of hydrogen-bond acceptors (Lipinski definition) is 6. The highest BCUT2D eigenvalue weighted by Crippen LogP contribution is 2.28. The van der Waals surface area contributed by atoms with Gasteiger partial charge in [-0.05, 0) is 54.4 Å². The summed E-state index contributed by atoms with van der Waals surface area (Å²) in [7, 11) is 0. The number of pyridine rings is 1. The van der Waals surface area contributed by atoms with Crippen LogP contribution in [0.25, 0.3) is 10.2 Å². The van der Waals surface area contributed by atoms with Crippen LogP contribution in [0.15, 0.2) is 67.0 Å². The van der Waals surface area contributed by atoms with Gasteiger partial charge in [0, 0.05) is 30.2 Å². The molecule has 2 aromatic heterocycles. The number of nitrogens with zero attached hydrogens (tertiary/aromatic N) is 2. The lowest BCUT2D eigenvalue weighted by Crippen LogP contribution is -2.25. The summed E-state index contributed by atoms with van der Waals surface area (Å²) >= 11 is 1.50. The van der Waals surface area contributed by atoms with Gasteiger partial charge in [0.05, 0.1) is 10.2 Å². The van der Waals surface area contributed by atoms with E-state index < -0.39 is 0 Å². The molecule has 0 unspecified atom stereocenters. The van der Waals surface area contributed by atoms with E-state index in [9.17, 15) is 9.90 Å². The number of benzene rings is 2. The molecule has 0 atom stereocenters. The number of rotatable bonds is 6. The fourth-order valence-electron chi connectivity index (χ4n) is 2.76. The van der Waals surface area contributed by atoms with Crippen molar-refractivity contribution in [3.63, 3.8) is 0 Å². The zero-order chi connectivity index (χ0) is 19.3. The molecule has 0 aliphatic rings. The van der Waals surface area contributed by atoms with Crippen molar-refractivity contribution in [2.24, 2.45) is 0 Å². The first-order chi connectivity index (χ1) is 13.7. The molecule has 2 heterocycles. The van der Waals surface area contributed by atoms with E-state index in [-0.39, 0.29) is 11.7 Å². The average molecular weight is 390 g/mol. The second-order valence-electron chi connectivity index (χ2n) is 6.23. The van der Waals surface area contributed by atoms with Gasteiger partial charge in [-0.2, -0.15) is 0 Å². The van der Waals surface area contributed by atoms with Gasteiger partial charge in [-0.1, -0.05) is 23.5 Å². The molecule has 0 aliphatic heterocycles. The van der Waals surface area contributed by atoms with Gasteiger partial charge >= 0.3 is 0 Å². The fourth-order valence-corrected chi connectivity index (χ4v) is 3.69. The molecule has 4 rings (SSSR count). The maximum absolute atomic E-state index is 12.4. The third kappa shape index (κ3) is 4.27. The van der Waals surface area contributed by atoms with Gasteiger partial charge in [-0.3, -0.25) is 9.78 Å². The number of thiazole rings is 1. The van der Waals surface area contributed by atoms with E-state index in [0.29, 0.717) is 18.5 Å². The monoisotopic (exact) mass is 390 g/mol. The minimum Gasteiger partial charge on any atom is -0.508 e. The number of hydrogen-bond donors (Lipinski definition) is 3. The Labute approximate surface area is 165 Å². The first kappa shape index (κ1) is 17.9. The second-order valence-corrected chi connectivity index (χ2v) is 7.27. The number of anilines is 2. The van der Waals surface area contributed by atoms with Gasteiger partial charge in [0.1, 0.15) is 5.75 Å². The molecule has 6 nitrogen and oxygen atoms in total. The molecule has 0 spiro atoms. The SMILES string of the molecule is O=C(NCCc1ccc(O)cc1)c1ccc2nc(Nc3ccncc3)sc2c1. The number of fused-ring (bicyclic) bond motifs is 1. The normalized spacial score (nSPS) is 10.7. The number of carbonyl (C=O) groups is 1. The lowest BCUT2D eigenvalue weighted by atomic mass is 10.1. The van der Waals surface area contributed by atoms with Crippen molar-refractivity contribution in [2.45, 2.75) is 6.42 Å². The Balaban J connectivity index is 1.40. The highest BCUT2D eigenvalue weighted by molar-refractivity contribution is 7.22. The third-order valence-corrected chi connectivity index (χ3v) is 5.15. The molecule has 28 heavy (non-hydrogen) atoms. The Morgan fingerprint density at radius 2 is 1.82 bits per heavy atom. The van der Waals surface area contributed by atoms with Crippen LogP contribution in [0.1, 0.15) is 15.9 Å². The van der Waals surface area contributed by atoms with Crippen molar-refractivity contribution in [1.82, 2.24) is 15.3 Å². The predicted octanol–water partition coefficient (Wildman–Crippen LogP) is 4.11. The maximum Gasteiger partial charge on any atom is 0.251 e. The summed E-state index contributed by atoms with van der Waals surface area (Å²) in [6.45, 7) is 0.527. The summed E-state index contributed by atoms with van der Waals surface area (Å²) in [5.41, 5.74) is 3.43. The van der Waals surface area contributed by atoms with Crippen LogP contribution in [0.3, 0.4) is 0 Å². The molecule has 1 amide bonds. The van der Waals surface area contributed by atoms with Crippen molar-refractivity contribution in [3.05, 3.63) is 78.1 Å². The molecular weight excluding hydrogens is 372 g/mol. The first-order valence-electron chi connectivity index (χ1n) is 8.81. The Morgan fingerprint density at radius 1 is 1.04 bits per heavy atom. The molecule has 4 aromatic rings. The molecular formula is C21H18N4O2S. The van der Waals surface area contributed by atoms with Crippen LogP contribution in [0.4, 0.5) is 10.8 Å². The Bertz CT molecular complexity index is 1090. The van der Waals surface area contributed by atoms with E-state index in [1.54, 1.807) is 30.6 Å². The number of carbonyl (C=O) groups excluding carboxylic acids is 1. The Hall–Kier alpha value is -3.45. The Morgan fingerprint density at radius 3 is 2.61 bits per heavy atom. The maximum atomic E-state index is 12.4. The number of nitrogens with one attached hydrogen (secondary N) is 2. The van der Waals surface area contributed by atoms with E-state index >= 15 is 0 Å². The van der Waals surface area contributed by atoms with Crippen LogP contribution in [0.2, 0.25) is 0 Å². The van der Waals surface area contributed by atoms with E-state index in [4.69, 9.17) is 0 Å². The largest absolute Gasteiger partial charge is 0.508 e. The molecule has 7 heteroatoms. The summed E-state index contributed by atoms with van der Waals surface area (Å²) in [4.78, 5) is 21.0. The van der Waals surface area contributed by atoms with Crippen LogP contribution in [0, 0.1) is 0 Å². The van der Waals surface area contributed by atoms with Crippen LogP contribution in [-0.4, -0.2) is 27.5 Å². The molecule has 0 bridgehead atoms. The van der Waals surface area contributed by atoms with Gasteiger partial charge < -0.3 is 15.7 Å². The van der Waals surface area contributed by atoms with Gasteiger partial charge in [0.15, 0.2) is 5.13 Å². The molecule has 0 saturated heterocycles. The van der Waals surface area contributed by atoms with Gasteiger partial charge in [-0.15, -0.1) is 0 Å². The summed E-state index contributed by atoms with van der Waals surface area (Å²) in [5, 5.41) is 16.3. The quantitative estimate of drug-likeness (QED) is 0.461. The lowest BCUT2D eigenvalue weighted by molar-refractivity contribution is 0.0954. The van der Waals surface area contributed by atoms with Crippen LogP contribution in [-0.2, 0) is 6.42 Å². The summed E-state index contributed by atoms with van der Waals surface area (Å²) in [5.74, 6) is 0.126. The molecule has 3 N–H and O–H groups in total. The van der Waals surface area contributed by atoms with Gasteiger partial charge in [0.2, 0.25) is 0 Å². The lowest BCUT2D eigenvalue weighted by Gasteiger charge is -2.05. The molecule has 0 saturated carbocycles. The van der Waals surface area contributed by atoms with E-state index in [1.165, 1.54) is 11.3 Å². The topological polar surface area (TPSA) is 87.1 Å². The molecule has 2 aromatic carbocycles. The Kier molecular flexibility index (Phi) is 5.16. The van der Waals surface area contributed by atoms with Crippen LogP contribution in [0.5, 0.6) is 5.75 Å². The summed E-state index contributed by atoms with van der Waals surface area (Å²) < 4.78 is 0.947. The third-order valence-electron chi connectivity index (χ3n) is 4.22. The minimum atomic E-state index is -0.113. The molecule has 140 valence electrons. The van der Waals surface area contributed by atoms with Crippen molar-refractivity contribution in [2.75, 3.05) is 11.9 Å². The zero-order valence-electron chi connectivity index (χ0n) is 14.9. The van der Waals surface area contributed by atoms with Gasteiger partial charge in [0.25, 0.3) is 5.91 Å². The average Bonchev–Trinajstić information content (AvgIpc) is 3.11. The smallest absolute Gasteiger partial charge is 0.251 e. The fraction of sp³-hybridized carbons (Fsp3) is 0.0952. The molecule has 0 fully saturated rings. The number of phenols is 1. The van der Waals surface area contributed by atoms with E-state index in [2.05, 4.69) is 20.6 Å². The summed E-state index contributed by atoms with van der Waals surface area (Å²) in [6.07, 6.45) is 4.14. The van der Waals surface area contributed by atoms with Crippen molar-refractivity contribution < 1.29 is 9.90 Å². The van der Waals surface area contributed by atoms with Crippen molar-refractivity contribution in [3.8, 4) is 5.75 Å². The number of aromatic nitrogens is 2. The van der Waals surface area contributed by atoms with Crippen molar-refractivity contribution in [1.29, 1.82) is 0 Å². The predicted molar refractivity (Wildman–Crippen MR) is 111 cm³/mol. The van der Waals surface area contributed by atoms with Crippen LogP contribution >= 0.6 is 11.3 Å². The van der Waals surface area contributed by atoms with E-state index in [1.807, 2.05) is 36.4 Å². The van der Waals surface area contributed by atoms with E-state index in [0.717, 1.165) is 26.6 Å². The zero-order valence-corrected chi connectivity index (χ0v) is 15.7. The second kappa shape index (κ2) is 8.06. The minimum absolute atomic E-state index is 0.113. The van der Waals surface area contributed by atoms with Crippen LogP contribution < -0.4 is 10.6 Å². The molecule has 0 radical (unpaired) electrons. The number of aromatic hydroxyl groups is 1. The highest BCUT2D eigenvalue weighted by Gasteiger charge is 2.10. The summed E-state index contributed by atoms with van der Waals surface area (Å²) in [6, 6.07) is 16.2. The molecule has 0 aliphatic carbocycles. The highest BCUT2D eigenvalue weighted by atomic mass is 32.1. The van der Waals surface area contributed by atoms with Gasteiger partial charge in [-0.25, -0.2) is 4.98 Å².